The van der Waals surface area contributed by atoms with E-state index in [4.69, 9.17) is 0 Å². The van der Waals surface area contributed by atoms with Gasteiger partial charge in [-0.15, -0.1) is 0 Å². The van der Waals surface area contributed by atoms with Crippen LogP contribution in [0, 0.1) is 5.92 Å². The minimum absolute atomic E-state index is 0.871. The molecule has 0 bridgehead atoms. The average Bonchev–Trinajstić information content (AvgIpc) is 2.37. The van der Waals surface area contributed by atoms with Gasteiger partial charge in [-0.3, -0.25) is 4.98 Å². The van der Waals surface area contributed by atoms with Gasteiger partial charge in [-0.2, -0.15) is 0 Å². The van der Waals surface area contributed by atoms with E-state index in [1.54, 1.807) is 0 Å². The number of rotatable bonds is 5. The molecule has 0 aliphatic carbocycles. The Morgan fingerprint density at radius 1 is 1.38 bits per heavy atom. The van der Waals surface area contributed by atoms with Crippen LogP contribution in [0.4, 0.5) is 0 Å². The van der Waals surface area contributed by atoms with Crippen molar-refractivity contribution >= 4 is 0 Å². The fourth-order valence-electron chi connectivity index (χ4n) is 2.17. The van der Waals surface area contributed by atoms with Crippen LogP contribution >= 0.6 is 0 Å². The van der Waals surface area contributed by atoms with Crippen LogP contribution in [0.25, 0.3) is 0 Å². The van der Waals surface area contributed by atoms with E-state index in [1.165, 1.54) is 38.0 Å². The molecule has 1 aromatic rings. The molecule has 1 saturated heterocycles. The van der Waals surface area contributed by atoms with Crippen molar-refractivity contribution < 1.29 is 0 Å². The highest BCUT2D eigenvalue weighted by Gasteiger charge is 2.11. The number of pyridine rings is 1. The summed E-state index contributed by atoms with van der Waals surface area (Å²) in [5, 5.41) is 6.94. The molecule has 0 unspecified atom stereocenters. The second-order valence-electron chi connectivity index (χ2n) is 4.51. The first kappa shape index (κ1) is 11.6. The van der Waals surface area contributed by atoms with E-state index < -0.39 is 0 Å². The van der Waals surface area contributed by atoms with Crippen LogP contribution in [0.15, 0.2) is 24.5 Å². The van der Waals surface area contributed by atoms with E-state index in [0.29, 0.717) is 0 Å². The number of nitrogens with one attached hydrogen (secondary N) is 2. The van der Waals surface area contributed by atoms with Gasteiger partial charge in [0.2, 0.25) is 0 Å². The third-order valence-electron chi connectivity index (χ3n) is 3.20. The van der Waals surface area contributed by atoms with Gasteiger partial charge in [0.05, 0.1) is 0 Å². The zero-order valence-electron chi connectivity index (χ0n) is 9.78. The summed E-state index contributed by atoms with van der Waals surface area (Å²) in [6, 6.07) is 4.14. The van der Waals surface area contributed by atoms with E-state index in [2.05, 4.69) is 21.7 Å². The maximum absolute atomic E-state index is 4.12. The molecule has 3 heteroatoms. The first-order valence-electron chi connectivity index (χ1n) is 6.25. The molecule has 1 fully saturated rings. The molecule has 1 aliphatic rings. The van der Waals surface area contributed by atoms with Crippen LogP contribution in [-0.2, 0) is 6.42 Å². The summed E-state index contributed by atoms with van der Waals surface area (Å²) < 4.78 is 0. The highest BCUT2D eigenvalue weighted by atomic mass is 14.9. The van der Waals surface area contributed by atoms with Gasteiger partial charge in [0.15, 0.2) is 0 Å². The van der Waals surface area contributed by atoms with Crippen molar-refractivity contribution in [1.82, 2.24) is 15.6 Å². The summed E-state index contributed by atoms with van der Waals surface area (Å²) in [6.07, 6.45) is 7.50. The Morgan fingerprint density at radius 2 is 2.25 bits per heavy atom. The van der Waals surface area contributed by atoms with Crippen molar-refractivity contribution in [2.75, 3.05) is 26.2 Å². The summed E-state index contributed by atoms with van der Waals surface area (Å²) >= 11 is 0. The van der Waals surface area contributed by atoms with Crippen LogP contribution in [0.1, 0.15) is 18.4 Å². The predicted octanol–water partition coefficient (Wildman–Crippen LogP) is 1.21. The van der Waals surface area contributed by atoms with E-state index in [9.17, 15) is 0 Å². The lowest BCUT2D eigenvalue weighted by Crippen LogP contribution is -2.34. The third kappa shape index (κ3) is 3.91. The fraction of sp³-hybridized carbons (Fsp3) is 0.615. The van der Waals surface area contributed by atoms with Gasteiger partial charge >= 0.3 is 0 Å². The van der Waals surface area contributed by atoms with Gasteiger partial charge in [0.25, 0.3) is 0 Å². The largest absolute Gasteiger partial charge is 0.317 e. The quantitative estimate of drug-likeness (QED) is 0.731. The summed E-state index contributed by atoms with van der Waals surface area (Å²) in [7, 11) is 0. The number of aromatic nitrogens is 1. The Kier molecular flexibility index (Phi) is 4.77. The minimum atomic E-state index is 0.871. The second-order valence-corrected chi connectivity index (χ2v) is 4.51. The van der Waals surface area contributed by atoms with Gasteiger partial charge in [-0.1, -0.05) is 6.07 Å². The highest BCUT2D eigenvalue weighted by Crippen LogP contribution is 2.09. The lowest BCUT2D eigenvalue weighted by Gasteiger charge is -2.22. The van der Waals surface area contributed by atoms with Gasteiger partial charge in [0.1, 0.15) is 0 Å². The van der Waals surface area contributed by atoms with Gasteiger partial charge in [-0.25, -0.2) is 0 Å². The Morgan fingerprint density at radius 3 is 3.00 bits per heavy atom. The minimum Gasteiger partial charge on any atom is -0.317 e. The average molecular weight is 219 g/mol. The van der Waals surface area contributed by atoms with Crippen molar-refractivity contribution in [2.45, 2.75) is 19.3 Å². The normalized spacial score (nSPS) is 17.5. The molecule has 16 heavy (non-hydrogen) atoms. The molecule has 2 rings (SSSR count). The molecule has 0 spiro atoms. The molecule has 88 valence electrons. The van der Waals surface area contributed by atoms with Gasteiger partial charge in [-0.05, 0) is 63.0 Å². The first-order chi connectivity index (χ1) is 7.95. The Bertz CT molecular complexity index is 280. The predicted molar refractivity (Wildman–Crippen MR) is 66.4 cm³/mol. The molecule has 0 amide bonds. The van der Waals surface area contributed by atoms with Crippen LogP contribution in [-0.4, -0.2) is 31.2 Å². The lowest BCUT2D eigenvalue weighted by atomic mass is 9.98. The zero-order valence-corrected chi connectivity index (χ0v) is 9.78. The Hall–Kier alpha value is -0.930. The maximum atomic E-state index is 4.12. The maximum Gasteiger partial charge on any atom is 0.0300 e. The molecule has 2 heterocycles. The summed E-state index contributed by atoms with van der Waals surface area (Å²) in [4.78, 5) is 4.12. The first-order valence-corrected chi connectivity index (χ1v) is 6.25. The molecular formula is C13H21N3. The Balaban J connectivity index is 1.58. The van der Waals surface area contributed by atoms with E-state index in [-0.39, 0.29) is 0 Å². The van der Waals surface area contributed by atoms with Crippen LogP contribution in [0.2, 0.25) is 0 Å². The summed E-state index contributed by atoms with van der Waals surface area (Å²) in [5.41, 5.74) is 1.32. The topological polar surface area (TPSA) is 37.0 Å². The molecule has 0 aromatic carbocycles. The third-order valence-corrected chi connectivity index (χ3v) is 3.20. The van der Waals surface area contributed by atoms with Crippen molar-refractivity contribution in [3.05, 3.63) is 30.1 Å². The molecular weight excluding hydrogens is 198 g/mol. The number of piperidine rings is 1. The SMILES string of the molecule is c1cncc(CCNCC2CCNCC2)c1. The Labute approximate surface area is 97.7 Å². The summed E-state index contributed by atoms with van der Waals surface area (Å²) in [6.45, 7) is 4.61. The number of hydrogen-bond donors (Lipinski definition) is 2. The van der Waals surface area contributed by atoms with Gasteiger partial charge in [0, 0.05) is 12.4 Å². The fourth-order valence-corrected chi connectivity index (χ4v) is 2.17. The van der Waals surface area contributed by atoms with Crippen LogP contribution < -0.4 is 10.6 Å². The molecule has 1 aromatic heterocycles. The van der Waals surface area contributed by atoms with E-state index >= 15 is 0 Å². The highest BCUT2D eigenvalue weighted by molar-refractivity contribution is 5.08. The van der Waals surface area contributed by atoms with Crippen molar-refractivity contribution in [3.8, 4) is 0 Å². The monoisotopic (exact) mass is 219 g/mol. The van der Waals surface area contributed by atoms with E-state index in [0.717, 1.165) is 18.9 Å². The zero-order chi connectivity index (χ0) is 11.1. The number of nitrogens with zero attached hydrogens (tertiary/aromatic N) is 1. The van der Waals surface area contributed by atoms with Crippen LogP contribution in [0.3, 0.4) is 0 Å². The molecule has 3 nitrogen and oxygen atoms in total. The van der Waals surface area contributed by atoms with Crippen LogP contribution in [0.5, 0.6) is 0 Å². The molecule has 0 radical (unpaired) electrons. The van der Waals surface area contributed by atoms with Crippen molar-refractivity contribution in [1.29, 1.82) is 0 Å². The van der Waals surface area contributed by atoms with Crippen molar-refractivity contribution in [2.24, 2.45) is 5.92 Å². The number of hydrogen-bond acceptors (Lipinski definition) is 3. The smallest absolute Gasteiger partial charge is 0.0300 e. The van der Waals surface area contributed by atoms with E-state index in [1.807, 2.05) is 18.5 Å². The van der Waals surface area contributed by atoms with Crippen molar-refractivity contribution in [3.63, 3.8) is 0 Å². The standard InChI is InChI=1S/C13H21N3/c1-2-12(10-15-6-1)5-9-16-11-13-3-7-14-8-4-13/h1-2,6,10,13-14,16H,3-5,7-9,11H2. The summed E-state index contributed by atoms with van der Waals surface area (Å²) in [5.74, 6) is 0.871. The van der Waals surface area contributed by atoms with Gasteiger partial charge < -0.3 is 10.6 Å². The lowest BCUT2D eigenvalue weighted by molar-refractivity contribution is 0.358. The molecule has 0 atom stereocenters. The molecule has 2 N–H and O–H groups in total. The second kappa shape index (κ2) is 6.61. The molecule has 1 aliphatic heterocycles. The molecule has 0 saturated carbocycles.